The molecule has 1 saturated heterocycles. The first-order valence-electron chi connectivity index (χ1n) is 10.3. The third-order valence-corrected chi connectivity index (χ3v) is 4.72. The normalized spacial score (nSPS) is 17.0. The molecular weight excluding hydrogens is 370 g/mol. The van der Waals surface area contributed by atoms with Gasteiger partial charge in [0.25, 0.3) is 0 Å². The summed E-state index contributed by atoms with van der Waals surface area (Å²) >= 11 is 0. The molecule has 0 spiro atoms. The van der Waals surface area contributed by atoms with Crippen molar-refractivity contribution in [3.63, 3.8) is 0 Å². The number of aryl methyl sites for hydroxylation is 1. The molecule has 1 aliphatic rings. The highest BCUT2D eigenvalue weighted by molar-refractivity contribution is 5.96. The molecule has 0 bridgehead atoms. The van der Waals surface area contributed by atoms with Gasteiger partial charge in [-0.05, 0) is 64.7 Å². The Morgan fingerprint density at radius 2 is 2.00 bits per heavy atom. The van der Waals surface area contributed by atoms with Crippen molar-refractivity contribution < 1.29 is 19.1 Å². The minimum absolute atomic E-state index is 0.0659. The van der Waals surface area contributed by atoms with E-state index in [9.17, 15) is 9.59 Å². The van der Waals surface area contributed by atoms with E-state index in [1.54, 1.807) is 12.0 Å². The van der Waals surface area contributed by atoms with Gasteiger partial charge in [0, 0.05) is 33.4 Å². The number of likely N-dealkylation sites (tertiary alicyclic amines) is 1. The number of nitrogens with zero attached hydrogens (tertiary/aromatic N) is 1. The molecule has 2 rings (SSSR count). The Morgan fingerprint density at radius 3 is 2.69 bits per heavy atom. The lowest BCUT2D eigenvalue weighted by Gasteiger charge is -2.33. The van der Waals surface area contributed by atoms with E-state index in [0.717, 1.165) is 42.7 Å². The van der Waals surface area contributed by atoms with Crippen LogP contribution in [0.3, 0.4) is 0 Å². The van der Waals surface area contributed by atoms with Gasteiger partial charge in [0.1, 0.15) is 5.60 Å². The highest BCUT2D eigenvalue weighted by Gasteiger charge is 2.31. The zero-order valence-corrected chi connectivity index (χ0v) is 18.3. The minimum Gasteiger partial charge on any atom is -0.444 e. The van der Waals surface area contributed by atoms with Crippen LogP contribution in [0.25, 0.3) is 0 Å². The van der Waals surface area contributed by atoms with Crippen molar-refractivity contribution in [2.24, 2.45) is 5.92 Å². The van der Waals surface area contributed by atoms with Gasteiger partial charge in [-0.15, -0.1) is 0 Å². The summed E-state index contributed by atoms with van der Waals surface area (Å²) < 4.78 is 10.5. The number of carbonyl (C=O) groups is 2. The molecule has 29 heavy (non-hydrogen) atoms. The molecule has 1 aromatic carbocycles. The molecule has 2 amide bonds. The summed E-state index contributed by atoms with van der Waals surface area (Å²) in [6.07, 6.45) is 2.07. The van der Waals surface area contributed by atoms with E-state index in [0.29, 0.717) is 19.7 Å². The van der Waals surface area contributed by atoms with Crippen LogP contribution >= 0.6 is 0 Å². The smallest absolute Gasteiger partial charge is 0.410 e. The molecule has 1 heterocycles. The van der Waals surface area contributed by atoms with Crippen molar-refractivity contribution in [2.75, 3.05) is 44.0 Å². The largest absolute Gasteiger partial charge is 0.444 e. The maximum atomic E-state index is 12.9. The van der Waals surface area contributed by atoms with Crippen LogP contribution in [-0.4, -0.2) is 55.9 Å². The Kier molecular flexibility index (Phi) is 8.32. The topological polar surface area (TPSA) is 79.9 Å². The first-order chi connectivity index (χ1) is 13.7. The molecule has 1 atom stereocenters. The fourth-order valence-corrected chi connectivity index (χ4v) is 3.27. The highest BCUT2D eigenvalue weighted by Crippen LogP contribution is 2.26. The fourth-order valence-electron chi connectivity index (χ4n) is 3.27. The summed E-state index contributed by atoms with van der Waals surface area (Å²) in [6, 6.07) is 5.95. The first-order valence-corrected chi connectivity index (χ1v) is 10.3. The molecule has 7 heteroatoms. The SMILES string of the molecule is COCCCNc1ccc(C)cc1NC(=O)C1CCCN(C(=O)OC(C)(C)C)C1. The Labute approximate surface area is 174 Å². The van der Waals surface area contributed by atoms with Crippen LogP contribution in [-0.2, 0) is 14.3 Å². The number of hydrogen-bond acceptors (Lipinski definition) is 5. The predicted molar refractivity (Wildman–Crippen MR) is 115 cm³/mol. The Morgan fingerprint density at radius 1 is 1.24 bits per heavy atom. The molecule has 0 saturated carbocycles. The van der Waals surface area contributed by atoms with Crippen LogP contribution in [0.4, 0.5) is 16.2 Å². The van der Waals surface area contributed by atoms with Gasteiger partial charge >= 0.3 is 6.09 Å². The van der Waals surface area contributed by atoms with Gasteiger partial charge in [0.05, 0.1) is 17.3 Å². The van der Waals surface area contributed by atoms with Crippen molar-refractivity contribution in [3.05, 3.63) is 23.8 Å². The Bertz CT molecular complexity index is 700. The molecule has 1 fully saturated rings. The summed E-state index contributed by atoms with van der Waals surface area (Å²) in [4.78, 5) is 26.9. The zero-order valence-electron chi connectivity index (χ0n) is 18.3. The first kappa shape index (κ1) is 23.0. The van der Waals surface area contributed by atoms with E-state index in [1.807, 2.05) is 45.9 Å². The second kappa shape index (κ2) is 10.5. The van der Waals surface area contributed by atoms with Crippen LogP contribution in [0.2, 0.25) is 0 Å². The number of methoxy groups -OCH3 is 1. The number of piperidine rings is 1. The quantitative estimate of drug-likeness (QED) is 0.670. The van der Waals surface area contributed by atoms with Crippen molar-refractivity contribution in [1.29, 1.82) is 0 Å². The molecule has 1 unspecified atom stereocenters. The standard InChI is InChI=1S/C22H35N3O4/c1-16-9-10-18(23-11-7-13-28-5)19(14-16)24-20(26)17-8-6-12-25(15-17)21(27)29-22(2,3)4/h9-10,14,17,23H,6-8,11-13,15H2,1-5H3,(H,24,26). The Hall–Kier alpha value is -2.28. The maximum Gasteiger partial charge on any atom is 0.410 e. The van der Waals surface area contributed by atoms with Crippen molar-refractivity contribution in [3.8, 4) is 0 Å². The number of hydrogen-bond donors (Lipinski definition) is 2. The number of benzene rings is 1. The van der Waals surface area contributed by atoms with Crippen LogP contribution in [0, 0.1) is 12.8 Å². The zero-order chi connectivity index (χ0) is 21.4. The highest BCUT2D eigenvalue weighted by atomic mass is 16.6. The Balaban J connectivity index is 2.00. The molecule has 2 N–H and O–H groups in total. The lowest BCUT2D eigenvalue weighted by atomic mass is 9.97. The number of ether oxygens (including phenoxy) is 2. The molecule has 1 aromatic rings. The van der Waals surface area contributed by atoms with Crippen LogP contribution < -0.4 is 10.6 Å². The van der Waals surface area contributed by atoms with Gasteiger partial charge in [-0.1, -0.05) is 6.07 Å². The van der Waals surface area contributed by atoms with E-state index in [1.165, 1.54) is 0 Å². The molecule has 7 nitrogen and oxygen atoms in total. The van der Waals surface area contributed by atoms with E-state index in [-0.39, 0.29) is 17.9 Å². The molecule has 0 aromatic heterocycles. The number of amides is 2. The van der Waals surface area contributed by atoms with Gasteiger partial charge in [-0.25, -0.2) is 4.79 Å². The van der Waals surface area contributed by atoms with Gasteiger partial charge in [-0.3, -0.25) is 4.79 Å². The van der Waals surface area contributed by atoms with Crippen molar-refractivity contribution in [2.45, 2.75) is 52.6 Å². The van der Waals surface area contributed by atoms with Crippen LogP contribution in [0.15, 0.2) is 18.2 Å². The molecule has 1 aliphatic heterocycles. The lowest BCUT2D eigenvalue weighted by Crippen LogP contribution is -2.45. The molecule has 0 radical (unpaired) electrons. The third kappa shape index (κ3) is 7.57. The van der Waals surface area contributed by atoms with Crippen molar-refractivity contribution >= 4 is 23.4 Å². The average molecular weight is 406 g/mol. The maximum absolute atomic E-state index is 12.9. The minimum atomic E-state index is -0.544. The average Bonchev–Trinajstić information content (AvgIpc) is 2.65. The van der Waals surface area contributed by atoms with E-state index >= 15 is 0 Å². The third-order valence-electron chi connectivity index (χ3n) is 4.72. The second-order valence-electron chi connectivity index (χ2n) is 8.58. The van der Waals surface area contributed by atoms with E-state index < -0.39 is 5.60 Å². The fraction of sp³-hybridized carbons (Fsp3) is 0.636. The molecule has 0 aliphatic carbocycles. The predicted octanol–water partition coefficient (Wildman–Crippen LogP) is 4.03. The monoisotopic (exact) mass is 405 g/mol. The summed E-state index contributed by atoms with van der Waals surface area (Å²) in [5.74, 6) is -0.318. The van der Waals surface area contributed by atoms with E-state index in [2.05, 4.69) is 10.6 Å². The second-order valence-corrected chi connectivity index (χ2v) is 8.58. The number of rotatable bonds is 7. The number of nitrogens with one attached hydrogen (secondary N) is 2. The molecule has 162 valence electrons. The van der Waals surface area contributed by atoms with Gasteiger partial charge in [0.15, 0.2) is 0 Å². The van der Waals surface area contributed by atoms with Gasteiger partial charge in [-0.2, -0.15) is 0 Å². The lowest BCUT2D eigenvalue weighted by molar-refractivity contribution is -0.121. The van der Waals surface area contributed by atoms with Crippen LogP contribution in [0.1, 0.15) is 45.6 Å². The van der Waals surface area contributed by atoms with Gasteiger partial charge in [0.2, 0.25) is 5.91 Å². The molecular formula is C22H35N3O4. The summed E-state index contributed by atoms with van der Waals surface area (Å²) in [5, 5.41) is 6.42. The van der Waals surface area contributed by atoms with Crippen molar-refractivity contribution in [1.82, 2.24) is 4.90 Å². The number of carbonyl (C=O) groups excluding carboxylic acids is 2. The summed E-state index contributed by atoms with van der Waals surface area (Å²) in [6.45, 7) is 9.97. The summed E-state index contributed by atoms with van der Waals surface area (Å²) in [7, 11) is 1.68. The van der Waals surface area contributed by atoms with Crippen LogP contribution in [0.5, 0.6) is 0 Å². The van der Waals surface area contributed by atoms with Gasteiger partial charge < -0.3 is 25.0 Å². The number of anilines is 2. The van der Waals surface area contributed by atoms with E-state index in [4.69, 9.17) is 9.47 Å². The summed E-state index contributed by atoms with van der Waals surface area (Å²) in [5.41, 5.74) is 2.18.